The minimum absolute atomic E-state index is 0.0265. The van der Waals surface area contributed by atoms with E-state index in [1.54, 1.807) is 18.2 Å². The summed E-state index contributed by atoms with van der Waals surface area (Å²) in [5.41, 5.74) is 4.40. The minimum atomic E-state index is -0.813. The number of aromatic nitrogens is 2. The summed E-state index contributed by atoms with van der Waals surface area (Å²) < 4.78 is 34.5. The summed E-state index contributed by atoms with van der Waals surface area (Å²) in [6, 6.07) is 12.5. The lowest BCUT2D eigenvalue weighted by Crippen LogP contribution is -2.40. The summed E-state index contributed by atoms with van der Waals surface area (Å²) in [7, 11) is 0. The predicted octanol–water partition coefficient (Wildman–Crippen LogP) is 5.53. The van der Waals surface area contributed by atoms with E-state index in [9.17, 15) is 13.9 Å². The molecule has 34 heavy (non-hydrogen) atoms. The summed E-state index contributed by atoms with van der Waals surface area (Å²) in [4.78, 5) is 0. The van der Waals surface area contributed by atoms with Gasteiger partial charge in [-0.15, -0.1) is 0 Å². The molecule has 2 aromatic carbocycles. The molecular weight excluding hydrogens is 436 g/mol. The number of nitrogens with zero attached hydrogens (tertiary/aromatic N) is 3. The van der Waals surface area contributed by atoms with E-state index < -0.39 is 11.9 Å². The third-order valence-corrected chi connectivity index (χ3v) is 7.31. The number of hydrogen-bond acceptors (Lipinski definition) is 4. The van der Waals surface area contributed by atoms with Gasteiger partial charge in [-0.2, -0.15) is 10.4 Å². The first-order valence-corrected chi connectivity index (χ1v) is 11.4. The van der Waals surface area contributed by atoms with Crippen molar-refractivity contribution in [1.29, 1.82) is 5.26 Å². The molecule has 1 saturated carbocycles. The molecule has 0 amide bonds. The molecule has 0 bridgehead atoms. The first-order chi connectivity index (χ1) is 16.4. The molecule has 5 nitrogen and oxygen atoms in total. The smallest absolute Gasteiger partial charge is 0.174 e. The Balaban J connectivity index is 1.47. The lowest BCUT2D eigenvalue weighted by atomic mass is 9.57. The van der Waals surface area contributed by atoms with E-state index in [0.29, 0.717) is 5.56 Å². The Morgan fingerprint density at radius 2 is 2.06 bits per heavy atom. The molecule has 3 aromatic rings. The molecule has 0 spiro atoms. The fourth-order valence-corrected chi connectivity index (χ4v) is 5.53. The molecular formula is C27H25F2N3O2. The van der Waals surface area contributed by atoms with E-state index in [-0.39, 0.29) is 29.5 Å². The van der Waals surface area contributed by atoms with Crippen molar-refractivity contribution < 1.29 is 18.6 Å². The van der Waals surface area contributed by atoms with Crippen LogP contribution in [0.2, 0.25) is 0 Å². The van der Waals surface area contributed by atoms with Crippen LogP contribution in [-0.4, -0.2) is 21.5 Å². The van der Waals surface area contributed by atoms with E-state index in [1.165, 1.54) is 29.8 Å². The Labute approximate surface area is 196 Å². The number of benzene rings is 2. The van der Waals surface area contributed by atoms with Crippen molar-refractivity contribution in [2.45, 2.75) is 38.7 Å². The Morgan fingerprint density at radius 1 is 1.26 bits per heavy atom. The number of rotatable bonds is 5. The number of halogens is 2. The highest BCUT2D eigenvalue weighted by molar-refractivity contribution is 5.61. The van der Waals surface area contributed by atoms with Gasteiger partial charge >= 0.3 is 0 Å². The van der Waals surface area contributed by atoms with Gasteiger partial charge in [0.25, 0.3) is 0 Å². The van der Waals surface area contributed by atoms with Gasteiger partial charge in [0.05, 0.1) is 23.7 Å². The topological polar surface area (TPSA) is 71.1 Å². The number of nitriles is 1. The minimum Gasteiger partial charge on any atom is -0.476 e. The number of aliphatic hydroxyl groups is 1. The van der Waals surface area contributed by atoms with Gasteiger partial charge in [0.15, 0.2) is 18.2 Å². The Bertz CT molecular complexity index is 1290. The summed E-state index contributed by atoms with van der Waals surface area (Å²) >= 11 is 0. The van der Waals surface area contributed by atoms with Crippen LogP contribution < -0.4 is 4.74 Å². The summed E-state index contributed by atoms with van der Waals surface area (Å²) in [5.74, 6) is -0.954. The van der Waals surface area contributed by atoms with Gasteiger partial charge in [0.1, 0.15) is 11.9 Å². The van der Waals surface area contributed by atoms with Crippen LogP contribution in [-0.2, 0) is 6.42 Å². The Hall–Kier alpha value is -3.50. The second kappa shape index (κ2) is 8.69. The van der Waals surface area contributed by atoms with E-state index in [0.717, 1.165) is 42.6 Å². The lowest BCUT2D eigenvalue weighted by Gasteiger charge is -2.47. The maximum atomic E-state index is 14.1. The molecule has 2 aliphatic rings. The van der Waals surface area contributed by atoms with Gasteiger partial charge in [0.2, 0.25) is 0 Å². The van der Waals surface area contributed by atoms with Crippen LogP contribution >= 0.6 is 0 Å². The maximum Gasteiger partial charge on any atom is 0.174 e. The molecule has 0 saturated heterocycles. The zero-order chi connectivity index (χ0) is 23.9. The molecule has 7 heteroatoms. The number of ether oxygens (including phenoxy) is 1. The van der Waals surface area contributed by atoms with E-state index >= 15 is 0 Å². The molecule has 0 unspecified atom stereocenters. The SMILES string of the molecule is C[C@]12Cc3cnn(-c4ccc(F)cc4)c3C=C1CCC[C@@H]2[C@@H](O)c1ccc(F)c(OCC#N)c1. The van der Waals surface area contributed by atoms with E-state index in [1.807, 2.05) is 16.9 Å². The number of fused-ring (bicyclic) bond motifs is 2. The largest absolute Gasteiger partial charge is 0.476 e. The standard InChI is InChI=1S/C27H25F2N3O2/c1-27-15-18-16-31-32(21-8-6-20(28)7-9-21)24(18)14-19(27)3-2-4-22(27)26(33)17-5-10-23(29)25(13-17)34-12-11-30/h5-10,13-14,16,22,26,33H,2-4,12,15H2,1H3/t22-,26+,27+/m1/s1. The van der Waals surface area contributed by atoms with Crippen molar-refractivity contribution in [2.75, 3.05) is 6.61 Å². The third-order valence-electron chi connectivity index (χ3n) is 7.31. The molecule has 1 fully saturated rings. The van der Waals surface area contributed by atoms with Crippen molar-refractivity contribution in [3.8, 4) is 17.5 Å². The monoisotopic (exact) mass is 461 g/mol. The van der Waals surface area contributed by atoms with Crippen molar-refractivity contribution in [3.05, 3.63) is 82.7 Å². The second-order valence-corrected chi connectivity index (χ2v) is 9.29. The normalized spacial score (nSPS) is 22.2. The molecule has 3 atom stereocenters. The molecule has 1 N–H and O–H groups in total. The zero-order valence-corrected chi connectivity index (χ0v) is 18.8. The number of aliphatic hydroxyl groups excluding tert-OH is 1. The molecule has 1 heterocycles. The maximum absolute atomic E-state index is 14.1. The van der Waals surface area contributed by atoms with Gasteiger partial charge in [-0.05, 0) is 90.6 Å². The molecule has 1 aromatic heterocycles. The van der Waals surface area contributed by atoms with Gasteiger partial charge < -0.3 is 9.84 Å². The van der Waals surface area contributed by atoms with Crippen LogP contribution in [0.5, 0.6) is 5.75 Å². The van der Waals surface area contributed by atoms with Gasteiger partial charge in [-0.25, -0.2) is 13.5 Å². The van der Waals surface area contributed by atoms with Gasteiger partial charge in [-0.3, -0.25) is 0 Å². The Morgan fingerprint density at radius 3 is 2.82 bits per heavy atom. The molecule has 5 rings (SSSR count). The predicted molar refractivity (Wildman–Crippen MR) is 123 cm³/mol. The zero-order valence-electron chi connectivity index (χ0n) is 18.8. The van der Waals surface area contributed by atoms with E-state index in [4.69, 9.17) is 10.00 Å². The highest BCUT2D eigenvalue weighted by Crippen LogP contribution is 2.55. The fourth-order valence-electron chi connectivity index (χ4n) is 5.53. The number of allylic oxidation sites excluding steroid dienone is 1. The van der Waals surface area contributed by atoms with Crippen LogP contribution in [0.3, 0.4) is 0 Å². The Kier molecular flexibility index (Phi) is 5.70. The van der Waals surface area contributed by atoms with Crippen LogP contribution in [0.1, 0.15) is 49.1 Å². The van der Waals surface area contributed by atoms with Gasteiger partial charge in [-0.1, -0.05) is 18.6 Å². The van der Waals surface area contributed by atoms with Gasteiger partial charge in [0, 0.05) is 0 Å². The first kappa shape index (κ1) is 22.3. The van der Waals surface area contributed by atoms with Crippen molar-refractivity contribution in [2.24, 2.45) is 11.3 Å². The van der Waals surface area contributed by atoms with Crippen LogP contribution in [0.25, 0.3) is 11.8 Å². The van der Waals surface area contributed by atoms with Crippen LogP contribution in [0.15, 0.2) is 54.2 Å². The fraction of sp³-hybridized carbons (Fsp3) is 0.333. The summed E-state index contributed by atoms with van der Waals surface area (Å²) in [6.07, 6.45) is 6.61. The molecule has 174 valence electrons. The highest BCUT2D eigenvalue weighted by atomic mass is 19.1. The summed E-state index contributed by atoms with van der Waals surface area (Å²) in [5, 5.41) is 24.7. The number of hydrogen-bond donors (Lipinski definition) is 1. The first-order valence-electron chi connectivity index (χ1n) is 11.4. The molecule has 0 radical (unpaired) electrons. The third kappa shape index (κ3) is 3.78. The quantitative estimate of drug-likeness (QED) is 0.542. The van der Waals surface area contributed by atoms with Crippen LogP contribution in [0.4, 0.5) is 8.78 Å². The average Bonchev–Trinajstić information content (AvgIpc) is 3.23. The average molecular weight is 462 g/mol. The van der Waals surface area contributed by atoms with E-state index in [2.05, 4.69) is 18.1 Å². The summed E-state index contributed by atoms with van der Waals surface area (Å²) in [6.45, 7) is 1.92. The van der Waals surface area contributed by atoms with Crippen molar-refractivity contribution in [1.82, 2.24) is 9.78 Å². The second-order valence-electron chi connectivity index (χ2n) is 9.29. The van der Waals surface area contributed by atoms with Crippen molar-refractivity contribution in [3.63, 3.8) is 0 Å². The highest BCUT2D eigenvalue weighted by Gasteiger charge is 2.46. The lowest BCUT2D eigenvalue weighted by molar-refractivity contribution is 0.0215. The van der Waals surface area contributed by atoms with Crippen LogP contribution in [0, 0.1) is 34.3 Å². The molecule has 2 aliphatic carbocycles. The molecule has 0 aliphatic heterocycles. The van der Waals surface area contributed by atoms with Crippen molar-refractivity contribution >= 4 is 6.08 Å².